The molecular formula is C14H15Cl2N3. The van der Waals surface area contributed by atoms with Crippen LogP contribution in [-0.4, -0.2) is 9.97 Å². The second kappa shape index (κ2) is 5.35. The van der Waals surface area contributed by atoms with Crippen molar-refractivity contribution in [1.29, 1.82) is 0 Å². The first-order valence-corrected chi connectivity index (χ1v) is 6.75. The highest BCUT2D eigenvalue weighted by molar-refractivity contribution is 6.36. The van der Waals surface area contributed by atoms with Gasteiger partial charge in [-0.2, -0.15) is 0 Å². The molecule has 0 aliphatic rings. The Morgan fingerprint density at radius 2 is 1.84 bits per heavy atom. The van der Waals surface area contributed by atoms with Crippen molar-refractivity contribution in [3.8, 4) is 11.4 Å². The number of benzene rings is 1. The Balaban J connectivity index is 2.58. The maximum Gasteiger partial charge on any atom is 0.163 e. The van der Waals surface area contributed by atoms with Gasteiger partial charge in [0.15, 0.2) is 5.82 Å². The van der Waals surface area contributed by atoms with Gasteiger partial charge in [0.05, 0.1) is 5.02 Å². The second-order valence-electron chi connectivity index (χ2n) is 4.71. The van der Waals surface area contributed by atoms with Gasteiger partial charge < -0.3 is 5.73 Å². The summed E-state index contributed by atoms with van der Waals surface area (Å²) in [5, 5.41) is 1.10. The summed E-state index contributed by atoms with van der Waals surface area (Å²) in [7, 11) is 0. The number of rotatable bonds is 2. The van der Waals surface area contributed by atoms with E-state index in [9.17, 15) is 0 Å². The number of aromatic nitrogens is 2. The number of nitrogen functional groups attached to an aromatic ring is 1. The lowest BCUT2D eigenvalue weighted by atomic mass is 10.0. The molecule has 0 bridgehead atoms. The zero-order valence-electron chi connectivity index (χ0n) is 11.0. The van der Waals surface area contributed by atoms with Crippen molar-refractivity contribution in [1.82, 2.24) is 9.97 Å². The fraction of sp³-hybridized carbons (Fsp3) is 0.286. The van der Waals surface area contributed by atoms with E-state index in [1.807, 2.05) is 6.92 Å². The Bertz CT molecular complexity index is 601. The van der Waals surface area contributed by atoms with E-state index >= 15 is 0 Å². The van der Waals surface area contributed by atoms with Crippen LogP contribution in [-0.2, 0) is 0 Å². The molecule has 0 saturated carbocycles. The molecule has 2 rings (SSSR count). The van der Waals surface area contributed by atoms with Crippen LogP contribution in [0.1, 0.15) is 31.0 Å². The normalized spacial score (nSPS) is 11.1. The van der Waals surface area contributed by atoms with Crippen LogP contribution in [0.15, 0.2) is 18.2 Å². The van der Waals surface area contributed by atoms with E-state index in [0.717, 1.165) is 16.8 Å². The van der Waals surface area contributed by atoms with Crippen LogP contribution in [0, 0.1) is 6.92 Å². The van der Waals surface area contributed by atoms with Crippen molar-refractivity contribution in [3.05, 3.63) is 39.5 Å². The predicted octanol–water partition coefficient (Wildman–Crippen LogP) is 4.46. The highest BCUT2D eigenvalue weighted by atomic mass is 35.5. The number of aryl methyl sites for hydroxylation is 1. The number of hydrogen-bond donors (Lipinski definition) is 1. The van der Waals surface area contributed by atoms with E-state index in [-0.39, 0.29) is 5.92 Å². The van der Waals surface area contributed by atoms with Gasteiger partial charge in [-0.05, 0) is 31.0 Å². The van der Waals surface area contributed by atoms with E-state index < -0.39 is 0 Å². The molecule has 0 atom stereocenters. The molecule has 3 nitrogen and oxygen atoms in total. The van der Waals surface area contributed by atoms with Crippen LogP contribution in [0.3, 0.4) is 0 Å². The molecule has 2 aromatic rings. The third-order valence-electron chi connectivity index (χ3n) is 2.92. The highest BCUT2D eigenvalue weighted by Gasteiger charge is 2.15. The molecule has 0 spiro atoms. The average Bonchev–Trinajstić information content (AvgIpc) is 2.26. The summed E-state index contributed by atoms with van der Waals surface area (Å²) >= 11 is 12.0. The Morgan fingerprint density at radius 3 is 2.37 bits per heavy atom. The van der Waals surface area contributed by atoms with Crippen molar-refractivity contribution in [2.45, 2.75) is 26.7 Å². The first kappa shape index (κ1) is 14.1. The molecule has 1 aromatic carbocycles. The summed E-state index contributed by atoms with van der Waals surface area (Å²) < 4.78 is 0. The number of anilines is 1. The molecular weight excluding hydrogens is 281 g/mol. The Labute approximate surface area is 122 Å². The minimum atomic E-state index is 0.287. The van der Waals surface area contributed by atoms with Crippen LogP contribution in [0.2, 0.25) is 10.0 Å². The summed E-state index contributed by atoms with van der Waals surface area (Å²) in [6.07, 6.45) is 0. The van der Waals surface area contributed by atoms with Crippen molar-refractivity contribution in [2.24, 2.45) is 0 Å². The summed E-state index contributed by atoms with van der Waals surface area (Å²) in [5.74, 6) is 1.32. The topological polar surface area (TPSA) is 51.8 Å². The van der Waals surface area contributed by atoms with Gasteiger partial charge in [-0.3, -0.25) is 0 Å². The smallest absolute Gasteiger partial charge is 0.163 e. The lowest BCUT2D eigenvalue weighted by Crippen LogP contribution is -2.06. The zero-order valence-corrected chi connectivity index (χ0v) is 12.5. The largest absolute Gasteiger partial charge is 0.383 e. The van der Waals surface area contributed by atoms with Gasteiger partial charge in [0, 0.05) is 21.8 Å². The van der Waals surface area contributed by atoms with Gasteiger partial charge in [-0.15, -0.1) is 0 Å². The summed E-state index contributed by atoms with van der Waals surface area (Å²) in [6.45, 7) is 6.06. The van der Waals surface area contributed by atoms with Gasteiger partial charge in [0.1, 0.15) is 5.82 Å². The maximum absolute atomic E-state index is 6.17. The van der Waals surface area contributed by atoms with Gasteiger partial charge >= 0.3 is 0 Å². The SMILES string of the molecule is Cc1nc(-c2ccc(Cl)cc2Cl)nc(N)c1C(C)C. The molecule has 0 saturated heterocycles. The van der Waals surface area contributed by atoms with E-state index in [0.29, 0.717) is 21.7 Å². The Kier molecular flexibility index (Phi) is 3.97. The second-order valence-corrected chi connectivity index (χ2v) is 5.55. The predicted molar refractivity (Wildman–Crippen MR) is 80.7 cm³/mol. The molecule has 19 heavy (non-hydrogen) atoms. The molecule has 2 N–H and O–H groups in total. The van der Waals surface area contributed by atoms with Crippen LogP contribution >= 0.6 is 23.2 Å². The molecule has 5 heteroatoms. The van der Waals surface area contributed by atoms with Crippen molar-refractivity contribution >= 4 is 29.0 Å². The third kappa shape index (κ3) is 2.82. The molecule has 0 aliphatic heterocycles. The Hall–Kier alpha value is -1.32. The van der Waals surface area contributed by atoms with Crippen LogP contribution < -0.4 is 5.73 Å². The molecule has 0 amide bonds. The first-order chi connectivity index (χ1) is 8.90. The van der Waals surface area contributed by atoms with Gasteiger partial charge in [-0.25, -0.2) is 9.97 Å². The quantitative estimate of drug-likeness (QED) is 0.889. The molecule has 100 valence electrons. The maximum atomic E-state index is 6.17. The summed E-state index contributed by atoms with van der Waals surface area (Å²) in [4.78, 5) is 8.85. The van der Waals surface area contributed by atoms with E-state index in [1.54, 1.807) is 18.2 Å². The van der Waals surface area contributed by atoms with E-state index in [2.05, 4.69) is 23.8 Å². The monoisotopic (exact) mass is 295 g/mol. The molecule has 0 fully saturated rings. The average molecular weight is 296 g/mol. The van der Waals surface area contributed by atoms with Crippen LogP contribution in [0.4, 0.5) is 5.82 Å². The van der Waals surface area contributed by atoms with E-state index in [1.165, 1.54) is 0 Å². The number of nitrogens with two attached hydrogens (primary N) is 1. The Morgan fingerprint density at radius 1 is 1.16 bits per heavy atom. The van der Waals surface area contributed by atoms with Crippen LogP contribution in [0.25, 0.3) is 11.4 Å². The van der Waals surface area contributed by atoms with Gasteiger partial charge in [0.25, 0.3) is 0 Å². The zero-order chi connectivity index (χ0) is 14.2. The fourth-order valence-electron chi connectivity index (χ4n) is 2.11. The number of halogens is 2. The minimum Gasteiger partial charge on any atom is -0.383 e. The lowest BCUT2D eigenvalue weighted by molar-refractivity contribution is 0.836. The van der Waals surface area contributed by atoms with E-state index in [4.69, 9.17) is 28.9 Å². The lowest BCUT2D eigenvalue weighted by Gasteiger charge is -2.13. The standard InChI is InChI=1S/C14H15Cl2N3/c1-7(2)12-8(3)18-14(19-13(12)17)10-5-4-9(15)6-11(10)16/h4-7H,1-3H3,(H2,17,18,19). The van der Waals surface area contributed by atoms with Crippen molar-refractivity contribution < 1.29 is 0 Å². The minimum absolute atomic E-state index is 0.287. The molecule has 0 aliphatic carbocycles. The molecule has 0 radical (unpaired) electrons. The van der Waals surface area contributed by atoms with Crippen molar-refractivity contribution in [2.75, 3.05) is 5.73 Å². The number of hydrogen-bond acceptors (Lipinski definition) is 3. The third-order valence-corrected chi connectivity index (χ3v) is 3.46. The fourth-order valence-corrected chi connectivity index (χ4v) is 2.60. The molecule has 1 heterocycles. The number of nitrogens with zero attached hydrogens (tertiary/aromatic N) is 2. The highest BCUT2D eigenvalue weighted by Crippen LogP contribution is 2.31. The molecule has 0 unspecified atom stereocenters. The van der Waals surface area contributed by atoms with Gasteiger partial charge in [0.2, 0.25) is 0 Å². The van der Waals surface area contributed by atoms with Crippen molar-refractivity contribution in [3.63, 3.8) is 0 Å². The summed E-state index contributed by atoms with van der Waals surface area (Å²) in [6, 6.07) is 5.23. The molecule has 1 aromatic heterocycles. The van der Waals surface area contributed by atoms with Crippen LogP contribution in [0.5, 0.6) is 0 Å². The first-order valence-electron chi connectivity index (χ1n) is 5.99. The van der Waals surface area contributed by atoms with Gasteiger partial charge in [-0.1, -0.05) is 37.0 Å². The summed E-state index contributed by atoms with van der Waals surface area (Å²) in [5.41, 5.74) is 8.61.